The predicted octanol–water partition coefficient (Wildman–Crippen LogP) is 0.972. The highest BCUT2D eigenvalue weighted by atomic mass is 32.7. The van der Waals surface area contributed by atoms with Crippen LogP contribution in [-0.4, -0.2) is 36.6 Å². The van der Waals surface area contributed by atoms with Crippen molar-refractivity contribution in [1.82, 2.24) is 5.32 Å². The molecule has 0 aromatic carbocycles. The van der Waals surface area contributed by atoms with Gasteiger partial charge >= 0.3 is 0 Å². The standard InChI is InChI=1S/C9H16FN2O3PS/c10-16(17-7-3-8(11)14)6-4-12-9(15)2-1-5-13/h5H,1-4,6-7H2,(H2,11,14)(H,12,15). The second-order valence-electron chi connectivity index (χ2n) is 3.15. The maximum absolute atomic E-state index is 13.2. The minimum Gasteiger partial charge on any atom is -0.370 e. The summed E-state index contributed by atoms with van der Waals surface area (Å²) in [5, 5.41) is 2.52. The fraction of sp³-hybridized carbons (Fsp3) is 0.667. The first-order chi connectivity index (χ1) is 8.06. The Labute approximate surface area is 105 Å². The van der Waals surface area contributed by atoms with E-state index in [2.05, 4.69) is 5.32 Å². The summed E-state index contributed by atoms with van der Waals surface area (Å²) < 4.78 is 13.2. The van der Waals surface area contributed by atoms with E-state index < -0.39 is 13.3 Å². The molecule has 2 amide bonds. The summed E-state index contributed by atoms with van der Waals surface area (Å²) >= 11 is 1.06. The minimum absolute atomic E-state index is 0.141. The van der Waals surface area contributed by atoms with Crippen molar-refractivity contribution in [2.45, 2.75) is 19.3 Å². The van der Waals surface area contributed by atoms with Crippen LogP contribution < -0.4 is 11.1 Å². The normalized spacial score (nSPS) is 11.8. The van der Waals surface area contributed by atoms with E-state index >= 15 is 0 Å². The van der Waals surface area contributed by atoms with Crippen LogP contribution in [0.15, 0.2) is 0 Å². The highest BCUT2D eigenvalue weighted by molar-refractivity contribution is 8.54. The average molecular weight is 282 g/mol. The molecule has 0 aliphatic heterocycles. The molecule has 0 aromatic rings. The second kappa shape index (κ2) is 10.5. The molecule has 0 heterocycles. The minimum atomic E-state index is -1.73. The Morgan fingerprint density at radius 2 is 2.12 bits per heavy atom. The zero-order valence-electron chi connectivity index (χ0n) is 9.36. The maximum Gasteiger partial charge on any atom is 0.220 e. The van der Waals surface area contributed by atoms with Gasteiger partial charge in [-0.2, -0.15) is 0 Å². The monoisotopic (exact) mass is 282 g/mol. The van der Waals surface area contributed by atoms with Crippen LogP contribution >= 0.6 is 18.8 Å². The van der Waals surface area contributed by atoms with Crippen LogP contribution in [0.5, 0.6) is 0 Å². The average Bonchev–Trinajstić information content (AvgIpc) is 2.25. The fourth-order valence-electron chi connectivity index (χ4n) is 0.871. The van der Waals surface area contributed by atoms with Crippen molar-refractivity contribution in [2.75, 3.05) is 18.5 Å². The molecule has 5 nitrogen and oxygen atoms in total. The largest absolute Gasteiger partial charge is 0.370 e. The molecule has 0 aliphatic rings. The Hall–Kier alpha value is -0.680. The number of nitrogens with two attached hydrogens (primary N) is 1. The van der Waals surface area contributed by atoms with Crippen molar-refractivity contribution in [2.24, 2.45) is 5.73 Å². The molecule has 8 heteroatoms. The van der Waals surface area contributed by atoms with Crippen molar-refractivity contribution >= 4 is 36.9 Å². The first kappa shape index (κ1) is 16.3. The second-order valence-corrected chi connectivity index (χ2v) is 6.86. The van der Waals surface area contributed by atoms with Crippen LogP contribution in [-0.2, 0) is 14.4 Å². The fourth-order valence-corrected chi connectivity index (χ4v) is 3.31. The van der Waals surface area contributed by atoms with Gasteiger partial charge in [0.15, 0.2) is 0 Å². The Balaban J connectivity index is 3.43. The van der Waals surface area contributed by atoms with E-state index in [1.54, 1.807) is 0 Å². The molecule has 0 rings (SSSR count). The van der Waals surface area contributed by atoms with Gasteiger partial charge in [-0.15, -0.1) is 0 Å². The molecule has 0 aromatic heterocycles. The Morgan fingerprint density at radius 1 is 1.41 bits per heavy atom. The van der Waals surface area contributed by atoms with Crippen molar-refractivity contribution < 1.29 is 18.6 Å². The van der Waals surface area contributed by atoms with E-state index in [-0.39, 0.29) is 37.9 Å². The van der Waals surface area contributed by atoms with E-state index in [1.807, 2.05) is 0 Å². The van der Waals surface area contributed by atoms with Gasteiger partial charge in [0, 0.05) is 37.7 Å². The van der Waals surface area contributed by atoms with Gasteiger partial charge in [-0.1, -0.05) is 11.4 Å². The molecule has 1 unspecified atom stereocenters. The SMILES string of the molecule is NC(=O)CCSP(F)CCNC(=O)CCC=O. The Bertz CT molecular complexity index is 269. The van der Waals surface area contributed by atoms with Gasteiger partial charge in [-0.3, -0.25) is 9.59 Å². The predicted molar refractivity (Wildman–Crippen MR) is 67.5 cm³/mol. The summed E-state index contributed by atoms with van der Waals surface area (Å²) in [7, 11) is -1.73. The molecule has 0 saturated carbocycles. The van der Waals surface area contributed by atoms with E-state index in [1.165, 1.54) is 0 Å². The quantitative estimate of drug-likeness (QED) is 0.461. The van der Waals surface area contributed by atoms with Crippen molar-refractivity contribution in [3.05, 3.63) is 0 Å². The van der Waals surface area contributed by atoms with Gasteiger partial charge in [0.2, 0.25) is 11.8 Å². The van der Waals surface area contributed by atoms with Crippen LogP contribution in [0.4, 0.5) is 4.20 Å². The molecule has 1 atom stereocenters. The first-order valence-corrected chi connectivity index (χ1v) is 8.12. The molecule has 17 heavy (non-hydrogen) atoms. The Kier molecular flexibility index (Phi) is 10.1. The lowest BCUT2D eigenvalue weighted by molar-refractivity contribution is -0.122. The number of nitrogens with one attached hydrogen (secondary N) is 1. The number of aldehydes is 1. The molecule has 0 radical (unpaired) electrons. The van der Waals surface area contributed by atoms with Crippen LogP contribution in [0.2, 0.25) is 0 Å². The van der Waals surface area contributed by atoms with Crippen molar-refractivity contribution in [3.8, 4) is 0 Å². The van der Waals surface area contributed by atoms with E-state index in [0.717, 1.165) is 11.4 Å². The first-order valence-electron chi connectivity index (χ1n) is 5.11. The molecule has 0 aliphatic carbocycles. The maximum atomic E-state index is 13.2. The number of carbonyl (C=O) groups excluding carboxylic acids is 3. The highest BCUT2D eigenvalue weighted by Gasteiger charge is 2.09. The summed E-state index contributed by atoms with van der Waals surface area (Å²) in [6.07, 6.45) is 1.40. The molecule has 3 N–H and O–H groups in total. The topological polar surface area (TPSA) is 89.3 Å². The smallest absolute Gasteiger partial charge is 0.220 e. The number of primary amides is 1. The van der Waals surface area contributed by atoms with Gasteiger partial charge in [-0.05, 0) is 0 Å². The highest BCUT2D eigenvalue weighted by Crippen LogP contribution is 2.50. The van der Waals surface area contributed by atoms with Gasteiger partial charge in [0.05, 0.1) is 0 Å². The molecule has 0 saturated heterocycles. The molecule has 0 spiro atoms. The number of carbonyl (C=O) groups is 3. The van der Waals surface area contributed by atoms with Crippen LogP contribution in [0.3, 0.4) is 0 Å². The van der Waals surface area contributed by atoms with Gasteiger partial charge in [0.1, 0.15) is 13.7 Å². The van der Waals surface area contributed by atoms with Crippen LogP contribution in [0.25, 0.3) is 0 Å². The van der Waals surface area contributed by atoms with Gasteiger partial charge in [0.25, 0.3) is 0 Å². The lowest BCUT2D eigenvalue weighted by atomic mass is 10.3. The van der Waals surface area contributed by atoms with Crippen LogP contribution in [0.1, 0.15) is 19.3 Å². The number of hydrogen-bond acceptors (Lipinski definition) is 4. The summed E-state index contributed by atoms with van der Waals surface area (Å²) in [5.74, 6) is -0.318. The molecule has 98 valence electrons. The number of hydrogen-bond donors (Lipinski definition) is 2. The number of amides is 2. The number of halogens is 1. The summed E-state index contributed by atoms with van der Waals surface area (Å²) in [6, 6.07) is 0. The molecular weight excluding hydrogens is 266 g/mol. The Morgan fingerprint density at radius 3 is 2.71 bits per heavy atom. The van der Waals surface area contributed by atoms with Crippen molar-refractivity contribution in [3.63, 3.8) is 0 Å². The lowest BCUT2D eigenvalue weighted by Gasteiger charge is -2.07. The summed E-state index contributed by atoms with van der Waals surface area (Å²) in [5.41, 5.74) is 4.91. The third-order valence-corrected chi connectivity index (χ3v) is 4.86. The third kappa shape index (κ3) is 11.6. The molecule has 0 fully saturated rings. The van der Waals surface area contributed by atoms with E-state index in [4.69, 9.17) is 5.73 Å². The van der Waals surface area contributed by atoms with Gasteiger partial charge in [-0.25, -0.2) is 4.20 Å². The van der Waals surface area contributed by atoms with Crippen molar-refractivity contribution in [1.29, 1.82) is 0 Å². The lowest BCUT2D eigenvalue weighted by Crippen LogP contribution is -2.25. The zero-order chi connectivity index (χ0) is 13.1. The summed E-state index contributed by atoms with van der Waals surface area (Å²) in [6.45, 7) is 0.253. The number of rotatable bonds is 10. The molecule has 0 bridgehead atoms. The third-order valence-electron chi connectivity index (χ3n) is 1.68. The molecular formula is C9H16FN2O3PS. The summed E-state index contributed by atoms with van der Waals surface area (Å²) in [4.78, 5) is 31.4. The van der Waals surface area contributed by atoms with E-state index in [9.17, 15) is 18.6 Å². The van der Waals surface area contributed by atoms with Crippen LogP contribution in [0, 0.1) is 0 Å². The van der Waals surface area contributed by atoms with E-state index in [0.29, 0.717) is 12.0 Å². The zero-order valence-corrected chi connectivity index (χ0v) is 11.1. The van der Waals surface area contributed by atoms with Gasteiger partial charge < -0.3 is 15.8 Å².